The second-order valence-corrected chi connectivity index (χ2v) is 11.5. The molecule has 0 aromatic carbocycles. The normalized spacial score (nSPS) is 22.3. The molecule has 2 aliphatic heterocycles. The van der Waals surface area contributed by atoms with Crippen LogP contribution in [0.15, 0.2) is 15.3 Å². The molecule has 0 radical (unpaired) electrons. The molecule has 31 heavy (non-hydrogen) atoms. The van der Waals surface area contributed by atoms with E-state index in [1.54, 1.807) is 6.92 Å². The molecule has 1 spiro atoms. The summed E-state index contributed by atoms with van der Waals surface area (Å²) in [4.78, 5) is 28.9. The van der Waals surface area contributed by atoms with Crippen molar-refractivity contribution in [2.45, 2.75) is 61.6 Å². The van der Waals surface area contributed by atoms with Crippen LogP contribution in [0.4, 0.5) is 4.79 Å². The number of methoxy groups -OCH3 is 1. The lowest BCUT2D eigenvalue weighted by molar-refractivity contribution is -0.125. The zero-order valence-corrected chi connectivity index (χ0v) is 19.3. The second-order valence-electron chi connectivity index (χ2n) is 8.31. The van der Waals surface area contributed by atoms with Gasteiger partial charge in [-0.1, -0.05) is 30.6 Å². The molecule has 0 atom stereocenters. The van der Waals surface area contributed by atoms with Gasteiger partial charge in [-0.15, -0.1) is 0 Å². The van der Waals surface area contributed by atoms with Gasteiger partial charge in [0.05, 0.1) is 7.11 Å². The fourth-order valence-corrected chi connectivity index (χ4v) is 7.63. The van der Waals surface area contributed by atoms with Gasteiger partial charge in [0.25, 0.3) is 15.9 Å². The summed E-state index contributed by atoms with van der Waals surface area (Å²) in [7, 11) is -2.59. The maximum absolute atomic E-state index is 13.2. The summed E-state index contributed by atoms with van der Waals surface area (Å²) in [5.41, 5.74) is -0.358. The number of hydrogen-bond acceptors (Lipinski definition) is 8. The Morgan fingerprint density at radius 1 is 1.26 bits per heavy atom. The van der Waals surface area contributed by atoms with E-state index in [9.17, 15) is 18.0 Å². The van der Waals surface area contributed by atoms with E-state index >= 15 is 0 Å². The Morgan fingerprint density at radius 2 is 1.94 bits per heavy atom. The first kappa shape index (κ1) is 22.2. The minimum atomic E-state index is -3.77. The number of aryl methyl sites for hydroxylation is 1. The van der Waals surface area contributed by atoms with Gasteiger partial charge in [-0.3, -0.25) is 9.79 Å². The molecule has 1 aromatic rings. The fourth-order valence-electron chi connectivity index (χ4n) is 4.53. The van der Waals surface area contributed by atoms with Crippen molar-refractivity contribution >= 4 is 39.3 Å². The molecule has 2 fully saturated rings. The summed E-state index contributed by atoms with van der Waals surface area (Å²) in [6, 6.07) is 1.51. The van der Waals surface area contributed by atoms with Crippen LogP contribution in [0.1, 0.15) is 50.5 Å². The van der Waals surface area contributed by atoms with Gasteiger partial charge in [-0.05, 0) is 44.2 Å². The van der Waals surface area contributed by atoms with Crippen molar-refractivity contribution in [2.24, 2.45) is 10.9 Å². The molecular weight excluding hydrogens is 442 g/mol. The Labute approximate surface area is 185 Å². The summed E-state index contributed by atoms with van der Waals surface area (Å²) in [5.74, 6) is 0.992. The topological polar surface area (TPSA) is 114 Å². The lowest BCUT2D eigenvalue weighted by atomic mass is 9.88. The molecule has 1 aliphatic carbocycles. The molecule has 11 heteroatoms. The van der Waals surface area contributed by atoms with Crippen LogP contribution in [0.25, 0.3) is 0 Å². The number of aliphatic imine (C=N–C) groups is 1. The highest BCUT2D eigenvalue weighted by atomic mass is 32.2. The first-order chi connectivity index (χ1) is 14.7. The number of ether oxygens (including phenoxy) is 2. The highest BCUT2D eigenvalue weighted by Crippen LogP contribution is 2.38. The molecule has 170 valence electrons. The third kappa shape index (κ3) is 4.22. The molecule has 1 aromatic heterocycles. The Balaban J connectivity index is 1.47. The molecule has 0 bridgehead atoms. The highest BCUT2D eigenvalue weighted by Gasteiger charge is 2.48. The molecule has 1 saturated heterocycles. The number of thiophene rings is 1. The predicted molar refractivity (Wildman–Crippen MR) is 115 cm³/mol. The molecule has 4 rings (SSSR count). The monoisotopic (exact) mass is 469 g/mol. The predicted octanol–water partition coefficient (Wildman–Crippen LogP) is 2.83. The van der Waals surface area contributed by atoms with Gasteiger partial charge in [-0.2, -0.15) is 4.31 Å². The van der Waals surface area contributed by atoms with E-state index in [0.29, 0.717) is 24.3 Å². The van der Waals surface area contributed by atoms with E-state index in [2.05, 4.69) is 10.1 Å². The van der Waals surface area contributed by atoms with Gasteiger partial charge in [0.1, 0.15) is 15.6 Å². The number of nitrogens with one attached hydrogen (secondary N) is 1. The SMILES string of the molecule is COC(=O)Oc1cc(C)c(S(=O)(=O)N2CCC3(CC2)N=C(C2CCCCC2)NC3=O)s1. The van der Waals surface area contributed by atoms with Gasteiger partial charge >= 0.3 is 6.16 Å². The Bertz CT molecular complexity index is 1000. The van der Waals surface area contributed by atoms with E-state index in [1.807, 2.05) is 0 Å². The first-order valence-corrected chi connectivity index (χ1v) is 12.8. The summed E-state index contributed by atoms with van der Waals surface area (Å²) in [6.07, 6.45) is 5.43. The largest absolute Gasteiger partial charge is 0.514 e. The Kier molecular flexibility index (Phi) is 6.10. The molecule has 3 aliphatic rings. The van der Waals surface area contributed by atoms with Crippen LogP contribution in [-0.4, -0.2) is 56.4 Å². The van der Waals surface area contributed by atoms with E-state index in [4.69, 9.17) is 9.73 Å². The van der Waals surface area contributed by atoms with E-state index in [1.165, 1.54) is 23.9 Å². The zero-order chi connectivity index (χ0) is 22.2. The van der Waals surface area contributed by atoms with Crippen molar-refractivity contribution in [3.63, 3.8) is 0 Å². The highest BCUT2D eigenvalue weighted by molar-refractivity contribution is 7.91. The molecule has 1 saturated carbocycles. The molecule has 9 nitrogen and oxygen atoms in total. The van der Waals surface area contributed by atoms with Crippen molar-refractivity contribution in [3.8, 4) is 5.06 Å². The molecule has 0 unspecified atom stereocenters. The van der Waals surface area contributed by atoms with Crippen LogP contribution in [0.5, 0.6) is 5.06 Å². The Hall–Kier alpha value is -1.98. The number of carbonyl (C=O) groups excluding carboxylic acids is 2. The van der Waals surface area contributed by atoms with Crippen LogP contribution >= 0.6 is 11.3 Å². The average molecular weight is 470 g/mol. The minimum absolute atomic E-state index is 0.105. The molecule has 1 N–H and O–H groups in total. The van der Waals surface area contributed by atoms with Crippen molar-refractivity contribution in [2.75, 3.05) is 20.2 Å². The minimum Gasteiger partial charge on any atom is -0.437 e. The molecule has 3 heterocycles. The summed E-state index contributed by atoms with van der Waals surface area (Å²) >= 11 is 0.888. The fraction of sp³-hybridized carbons (Fsp3) is 0.650. The van der Waals surface area contributed by atoms with Crippen molar-refractivity contribution in [1.82, 2.24) is 9.62 Å². The van der Waals surface area contributed by atoms with Gasteiger partial charge in [0.15, 0.2) is 5.06 Å². The summed E-state index contributed by atoms with van der Waals surface area (Å²) in [5, 5.41) is 3.15. The number of carbonyl (C=O) groups is 2. The number of amidine groups is 1. The zero-order valence-electron chi connectivity index (χ0n) is 17.7. The van der Waals surface area contributed by atoms with Gasteiger partial charge in [-0.25, -0.2) is 13.2 Å². The van der Waals surface area contributed by atoms with E-state index in [-0.39, 0.29) is 28.3 Å². The summed E-state index contributed by atoms with van der Waals surface area (Å²) in [6.45, 7) is 2.08. The first-order valence-electron chi connectivity index (χ1n) is 10.5. The standard InChI is InChI=1S/C20H27N3O6S2/c1-13-12-15(29-19(25)28-2)30-17(13)31(26,27)23-10-8-20(9-11-23)18(24)21-16(22-20)14-6-4-3-5-7-14/h12,14H,3-11H2,1-2H3,(H,21,22,24). The van der Waals surface area contributed by atoms with Crippen molar-refractivity contribution in [1.29, 1.82) is 0 Å². The van der Waals surface area contributed by atoms with Crippen LogP contribution in [0.3, 0.4) is 0 Å². The quantitative estimate of drug-likeness (QED) is 0.678. The van der Waals surface area contributed by atoms with E-state index in [0.717, 1.165) is 42.9 Å². The van der Waals surface area contributed by atoms with E-state index < -0.39 is 21.7 Å². The third-order valence-electron chi connectivity index (χ3n) is 6.31. The lowest BCUT2D eigenvalue weighted by Crippen LogP contribution is -2.50. The number of amides is 1. The number of hydrogen-bond donors (Lipinski definition) is 1. The lowest BCUT2D eigenvalue weighted by Gasteiger charge is -2.34. The smallest absolute Gasteiger partial charge is 0.437 e. The third-order valence-corrected chi connectivity index (χ3v) is 9.94. The van der Waals surface area contributed by atoms with Crippen LogP contribution in [0.2, 0.25) is 0 Å². The summed E-state index contributed by atoms with van der Waals surface area (Å²) < 4.78 is 37.3. The number of sulfonamides is 1. The molecule has 1 amide bonds. The second kappa shape index (κ2) is 8.51. The van der Waals surface area contributed by atoms with Gasteiger partial charge in [0, 0.05) is 19.0 Å². The number of piperidine rings is 1. The Morgan fingerprint density at radius 3 is 2.58 bits per heavy atom. The number of rotatable bonds is 4. The maximum atomic E-state index is 13.2. The van der Waals surface area contributed by atoms with Crippen LogP contribution < -0.4 is 10.1 Å². The van der Waals surface area contributed by atoms with Crippen molar-refractivity contribution in [3.05, 3.63) is 11.6 Å². The van der Waals surface area contributed by atoms with Crippen molar-refractivity contribution < 1.29 is 27.5 Å². The van der Waals surface area contributed by atoms with Crippen LogP contribution in [0, 0.1) is 12.8 Å². The van der Waals surface area contributed by atoms with Crippen LogP contribution in [-0.2, 0) is 19.6 Å². The average Bonchev–Trinajstić information content (AvgIpc) is 3.29. The molecular formula is C20H27N3O6S2. The van der Waals surface area contributed by atoms with Gasteiger partial charge in [0.2, 0.25) is 0 Å². The maximum Gasteiger partial charge on any atom is 0.514 e. The van der Waals surface area contributed by atoms with Gasteiger partial charge < -0.3 is 14.8 Å². The number of nitrogens with zero attached hydrogens (tertiary/aromatic N) is 2.